The highest BCUT2D eigenvalue weighted by molar-refractivity contribution is 7.89. The molecule has 0 amide bonds. The van der Waals surface area contributed by atoms with Crippen molar-refractivity contribution in [3.63, 3.8) is 0 Å². The third kappa shape index (κ3) is 2.94. The number of halogens is 1. The Morgan fingerprint density at radius 2 is 2.10 bits per heavy atom. The summed E-state index contributed by atoms with van der Waals surface area (Å²) < 4.78 is 39.9. The molecule has 0 atom stereocenters. The van der Waals surface area contributed by atoms with Gasteiger partial charge in [0.05, 0.1) is 5.69 Å². The third-order valence-electron chi connectivity index (χ3n) is 3.58. The fourth-order valence-corrected chi connectivity index (χ4v) is 4.11. The maximum Gasteiger partial charge on any atom is 0.245 e. The van der Waals surface area contributed by atoms with Gasteiger partial charge in [0.1, 0.15) is 10.7 Å². The molecule has 1 aliphatic carbocycles. The molecule has 1 aromatic carbocycles. The molecule has 0 aliphatic heterocycles. The number of hydrogen-bond donors (Lipinski definition) is 2. The van der Waals surface area contributed by atoms with E-state index in [1.54, 1.807) is 0 Å². The Morgan fingerprint density at radius 1 is 1.40 bits per heavy atom. The van der Waals surface area contributed by atoms with Gasteiger partial charge in [0.15, 0.2) is 0 Å². The summed E-state index contributed by atoms with van der Waals surface area (Å²) in [6.45, 7) is 0.136. The van der Waals surface area contributed by atoms with E-state index in [1.165, 1.54) is 10.4 Å². The van der Waals surface area contributed by atoms with E-state index in [0.29, 0.717) is 6.42 Å². The first-order valence-corrected chi connectivity index (χ1v) is 8.08. The molecule has 2 rings (SSSR count). The number of rotatable bonds is 6. The normalized spacial score (nSPS) is 16.4. The molecule has 1 fully saturated rings. The fourth-order valence-electron chi connectivity index (χ4n) is 2.26. The zero-order chi connectivity index (χ0) is 14.8. The lowest BCUT2D eigenvalue weighted by Crippen LogP contribution is -2.45. The summed E-state index contributed by atoms with van der Waals surface area (Å²) in [5.74, 6) is -0.631. The zero-order valence-electron chi connectivity index (χ0n) is 11.1. The van der Waals surface area contributed by atoms with Gasteiger partial charge in [-0.3, -0.25) is 0 Å². The van der Waals surface area contributed by atoms with Crippen LogP contribution in [0.15, 0.2) is 23.1 Å². The summed E-state index contributed by atoms with van der Waals surface area (Å²) in [6, 6.07) is 3.27. The maximum absolute atomic E-state index is 13.3. The molecule has 1 saturated carbocycles. The molecule has 1 aliphatic rings. The van der Waals surface area contributed by atoms with Crippen LogP contribution in [0, 0.1) is 5.82 Å². The van der Waals surface area contributed by atoms with Crippen LogP contribution >= 0.6 is 0 Å². The number of aliphatic hydroxyl groups excluding tert-OH is 1. The fraction of sp³-hybridized carbons (Fsp3) is 0.538. The van der Waals surface area contributed by atoms with Gasteiger partial charge in [-0.05, 0) is 37.5 Å². The number of hydrogen-bond acceptors (Lipinski definition) is 4. The largest absolute Gasteiger partial charge is 0.398 e. The van der Waals surface area contributed by atoms with E-state index in [-0.39, 0.29) is 29.8 Å². The van der Waals surface area contributed by atoms with Crippen LogP contribution in [0.2, 0.25) is 0 Å². The molecule has 3 N–H and O–H groups in total. The second-order valence-corrected chi connectivity index (χ2v) is 6.82. The number of aliphatic hydroxyl groups is 1. The van der Waals surface area contributed by atoms with Gasteiger partial charge in [0.2, 0.25) is 10.0 Å². The molecule has 0 aromatic heterocycles. The van der Waals surface area contributed by atoms with Crippen molar-refractivity contribution in [3.05, 3.63) is 24.0 Å². The third-order valence-corrected chi connectivity index (χ3v) is 5.59. The quantitative estimate of drug-likeness (QED) is 0.777. The number of benzene rings is 1. The number of nitrogens with zero attached hydrogens (tertiary/aromatic N) is 1. The van der Waals surface area contributed by atoms with Gasteiger partial charge >= 0.3 is 0 Å². The van der Waals surface area contributed by atoms with Gasteiger partial charge in [0.25, 0.3) is 0 Å². The molecule has 112 valence electrons. The molecular formula is C13H19FN2O3S. The minimum absolute atomic E-state index is 0.0414. The van der Waals surface area contributed by atoms with Gasteiger partial charge < -0.3 is 10.8 Å². The number of nitrogen functional groups attached to an aromatic ring is 1. The first-order valence-electron chi connectivity index (χ1n) is 6.64. The van der Waals surface area contributed by atoms with Crippen molar-refractivity contribution < 1.29 is 17.9 Å². The molecule has 0 spiro atoms. The molecule has 5 nitrogen and oxygen atoms in total. The predicted octanol–water partition coefficient (Wildman–Crippen LogP) is 1.33. The lowest BCUT2D eigenvalue weighted by molar-refractivity contribution is 0.198. The van der Waals surface area contributed by atoms with Crippen LogP contribution in [0.1, 0.15) is 25.7 Å². The Bertz CT molecular complexity index is 573. The molecular weight excluding hydrogens is 283 g/mol. The number of nitrogens with two attached hydrogens (primary N) is 1. The van der Waals surface area contributed by atoms with Crippen molar-refractivity contribution in [1.82, 2.24) is 4.31 Å². The number of sulfonamides is 1. The topological polar surface area (TPSA) is 83.6 Å². The Hall–Kier alpha value is -1.18. The smallest absolute Gasteiger partial charge is 0.245 e. The SMILES string of the molecule is Nc1ccc(F)cc1S(=O)(=O)N(CCCO)C1CCC1. The Kier molecular flexibility index (Phi) is 4.62. The molecule has 1 aromatic rings. The second kappa shape index (κ2) is 6.07. The summed E-state index contributed by atoms with van der Waals surface area (Å²) in [5, 5.41) is 8.92. The second-order valence-electron chi connectivity index (χ2n) is 4.96. The summed E-state index contributed by atoms with van der Waals surface area (Å²) >= 11 is 0. The van der Waals surface area contributed by atoms with Crippen LogP contribution in [-0.4, -0.2) is 37.0 Å². The summed E-state index contributed by atoms with van der Waals surface area (Å²) in [4.78, 5) is -0.192. The predicted molar refractivity (Wildman–Crippen MR) is 74.0 cm³/mol. The average molecular weight is 302 g/mol. The van der Waals surface area contributed by atoms with E-state index in [0.717, 1.165) is 31.4 Å². The van der Waals surface area contributed by atoms with Crippen LogP contribution in [-0.2, 0) is 10.0 Å². The first-order chi connectivity index (χ1) is 9.46. The van der Waals surface area contributed by atoms with E-state index in [2.05, 4.69) is 0 Å². The number of anilines is 1. The van der Waals surface area contributed by atoms with E-state index in [4.69, 9.17) is 10.8 Å². The van der Waals surface area contributed by atoms with Crippen LogP contribution < -0.4 is 5.73 Å². The maximum atomic E-state index is 13.3. The van der Waals surface area contributed by atoms with Gasteiger partial charge in [-0.15, -0.1) is 0 Å². The van der Waals surface area contributed by atoms with Crippen molar-refractivity contribution in [1.29, 1.82) is 0 Å². The summed E-state index contributed by atoms with van der Waals surface area (Å²) in [6.07, 6.45) is 2.92. The van der Waals surface area contributed by atoms with Crippen molar-refractivity contribution in [2.75, 3.05) is 18.9 Å². The van der Waals surface area contributed by atoms with Crippen LogP contribution in [0.4, 0.5) is 10.1 Å². The van der Waals surface area contributed by atoms with E-state index in [9.17, 15) is 12.8 Å². The molecule has 0 unspecified atom stereocenters. The van der Waals surface area contributed by atoms with Gasteiger partial charge in [-0.2, -0.15) is 4.31 Å². The van der Waals surface area contributed by atoms with E-state index in [1.807, 2.05) is 0 Å². The van der Waals surface area contributed by atoms with E-state index < -0.39 is 15.8 Å². The van der Waals surface area contributed by atoms with Crippen molar-refractivity contribution >= 4 is 15.7 Å². The van der Waals surface area contributed by atoms with Gasteiger partial charge in [-0.1, -0.05) is 6.42 Å². The average Bonchev–Trinajstić information content (AvgIpc) is 2.34. The molecule has 7 heteroatoms. The van der Waals surface area contributed by atoms with E-state index >= 15 is 0 Å². The Morgan fingerprint density at radius 3 is 2.65 bits per heavy atom. The Labute approximate surface area is 118 Å². The first kappa shape index (κ1) is 15.2. The Balaban J connectivity index is 2.36. The highest BCUT2D eigenvalue weighted by atomic mass is 32.2. The molecule has 0 heterocycles. The minimum Gasteiger partial charge on any atom is -0.398 e. The van der Waals surface area contributed by atoms with Gasteiger partial charge in [0, 0.05) is 19.2 Å². The molecule has 0 radical (unpaired) electrons. The summed E-state index contributed by atoms with van der Waals surface area (Å²) in [7, 11) is -3.83. The van der Waals surface area contributed by atoms with Crippen LogP contribution in [0.5, 0.6) is 0 Å². The van der Waals surface area contributed by atoms with Crippen molar-refractivity contribution in [3.8, 4) is 0 Å². The van der Waals surface area contributed by atoms with Crippen molar-refractivity contribution in [2.24, 2.45) is 0 Å². The van der Waals surface area contributed by atoms with Crippen molar-refractivity contribution in [2.45, 2.75) is 36.6 Å². The lowest BCUT2D eigenvalue weighted by Gasteiger charge is -2.36. The van der Waals surface area contributed by atoms with Crippen LogP contribution in [0.25, 0.3) is 0 Å². The molecule has 0 saturated heterocycles. The molecule has 0 bridgehead atoms. The molecule has 20 heavy (non-hydrogen) atoms. The minimum atomic E-state index is -3.83. The monoisotopic (exact) mass is 302 g/mol. The standard InChI is InChI=1S/C13H19FN2O3S/c14-10-5-6-12(15)13(9-10)20(18,19)16(7-2-8-17)11-3-1-4-11/h5-6,9,11,17H,1-4,7-8,15H2. The highest BCUT2D eigenvalue weighted by Gasteiger charge is 2.35. The van der Waals surface area contributed by atoms with Crippen LogP contribution in [0.3, 0.4) is 0 Å². The van der Waals surface area contributed by atoms with Gasteiger partial charge in [-0.25, -0.2) is 12.8 Å². The highest BCUT2D eigenvalue weighted by Crippen LogP contribution is 2.32. The zero-order valence-corrected chi connectivity index (χ0v) is 11.9. The summed E-state index contributed by atoms with van der Waals surface area (Å²) in [5.41, 5.74) is 5.72. The lowest BCUT2D eigenvalue weighted by atomic mass is 9.93.